The van der Waals surface area contributed by atoms with Gasteiger partial charge in [-0.05, 0) is 43.2 Å². The third-order valence-corrected chi connectivity index (χ3v) is 7.28. The van der Waals surface area contributed by atoms with Crippen molar-refractivity contribution >= 4 is 57.7 Å². The molecule has 1 aliphatic rings. The monoisotopic (exact) mass is 483 g/mol. The van der Waals surface area contributed by atoms with Gasteiger partial charge in [-0.1, -0.05) is 60.0 Å². The van der Waals surface area contributed by atoms with Crippen LogP contribution < -0.4 is 5.56 Å². The van der Waals surface area contributed by atoms with Gasteiger partial charge < -0.3 is 4.74 Å². The second kappa shape index (κ2) is 9.99. The number of pyridine rings is 1. The van der Waals surface area contributed by atoms with Gasteiger partial charge in [-0.15, -0.1) is 0 Å². The highest BCUT2D eigenvalue weighted by Gasteiger charge is 2.32. The molecule has 164 valence electrons. The smallest absolute Gasteiger partial charge is 0.266 e. The molecule has 4 rings (SSSR count). The maximum Gasteiger partial charge on any atom is 0.266 e. The molecule has 0 radical (unpaired) electrons. The van der Waals surface area contributed by atoms with E-state index in [4.69, 9.17) is 21.9 Å². The van der Waals surface area contributed by atoms with Crippen LogP contribution in [0.15, 0.2) is 68.3 Å². The van der Waals surface area contributed by atoms with E-state index in [0.29, 0.717) is 45.0 Å². The zero-order valence-corrected chi connectivity index (χ0v) is 20.1. The fourth-order valence-electron chi connectivity index (χ4n) is 3.28. The van der Waals surface area contributed by atoms with Gasteiger partial charge in [0.15, 0.2) is 0 Å². The van der Waals surface area contributed by atoms with E-state index in [9.17, 15) is 9.59 Å². The summed E-state index contributed by atoms with van der Waals surface area (Å²) in [6.07, 6.45) is 4.01. The van der Waals surface area contributed by atoms with Crippen LogP contribution in [0.3, 0.4) is 0 Å². The number of rotatable bonds is 7. The third kappa shape index (κ3) is 4.66. The number of amides is 1. The normalized spacial score (nSPS) is 15.3. The molecule has 1 saturated heterocycles. The number of carbonyl (C=O) groups excluding carboxylic acids is 1. The first-order valence-electron chi connectivity index (χ1n) is 9.99. The molecule has 0 spiro atoms. The molecular weight excluding hydrogens is 462 g/mol. The molecule has 32 heavy (non-hydrogen) atoms. The molecule has 2 aromatic heterocycles. The third-order valence-electron chi connectivity index (χ3n) is 4.89. The number of hydrogen-bond acceptors (Lipinski definition) is 7. The van der Waals surface area contributed by atoms with Crippen LogP contribution in [0.2, 0.25) is 0 Å². The number of fused-ring (bicyclic) bond motifs is 1. The largest absolute Gasteiger partial charge is 0.385 e. The van der Waals surface area contributed by atoms with Crippen LogP contribution in [-0.4, -0.2) is 44.8 Å². The number of ether oxygens (including phenoxy) is 1. The van der Waals surface area contributed by atoms with Gasteiger partial charge in [0.05, 0.1) is 10.5 Å². The van der Waals surface area contributed by atoms with Crippen molar-refractivity contribution in [3.63, 3.8) is 0 Å². The van der Waals surface area contributed by atoms with Gasteiger partial charge in [0.25, 0.3) is 11.5 Å². The number of hydrogen-bond donors (Lipinski definition) is 0. The zero-order valence-electron chi connectivity index (χ0n) is 17.6. The molecule has 0 saturated carbocycles. The second-order valence-corrected chi connectivity index (χ2v) is 9.85. The Bertz CT molecular complexity index is 1270. The quantitative estimate of drug-likeness (QED) is 0.214. The summed E-state index contributed by atoms with van der Waals surface area (Å²) in [5.74, 6) is -0.194. The van der Waals surface area contributed by atoms with Gasteiger partial charge in [-0.25, -0.2) is 4.98 Å². The summed E-state index contributed by atoms with van der Waals surface area (Å²) in [4.78, 5) is 34.2. The molecule has 3 aromatic rings. The van der Waals surface area contributed by atoms with Crippen LogP contribution in [0.25, 0.3) is 11.7 Å². The minimum absolute atomic E-state index is 0.194. The van der Waals surface area contributed by atoms with Gasteiger partial charge in [0, 0.05) is 31.4 Å². The number of thiocarbonyl (C=S) groups is 1. The SMILES string of the molecule is COCCCN1C(=O)C(=Cc2c(Sc3ccccc3)nc3c(C)cccn3c2=O)SC1=S. The van der Waals surface area contributed by atoms with E-state index in [-0.39, 0.29) is 11.5 Å². The van der Waals surface area contributed by atoms with Gasteiger partial charge in [0.1, 0.15) is 15.0 Å². The Balaban J connectivity index is 1.80. The number of aryl methyl sites for hydroxylation is 1. The van der Waals surface area contributed by atoms with Crippen molar-refractivity contribution in [2.75, 3.05) is 20.3 Å². The van der Waals surface area contributed by atoms with Crippen molar-refractivity contribution < 1.29 is 9.53 Å². The first-order valence-corrected chi connectivity index (χ1v) is 12.0. The van der Waals surface area contributed by atoms with Crippen molar-refractivity contribution in [3.05, 3.63) is 75.0 Å². The van der Waals surface area contributed by atoms with Gasteiger partial charge in [0.2, 0.25) is 0 Å². The Morgan fingerprint density at radius 2 is 1.97 bits per heavy atom. The highest BCUT2D eigenvalue weighted by atomic mass is 32.2. The minimum atomic E-state index is -0.221. The van der Waals surface area contributed by atoms with Crippen molar-refractivity contribution in [1.29, 1.82) is 0 Å². The fraction of sp³-hybridized carbons (Fsp3) is 0.217. The molecule has 1 amide bonds. The molecule has 0 aliphatic carbocycles. The predicted molar refractivity (Wildman–Crippen MR) is 133 cm³/mol. The summed E-state index contributed by atoms with van der Waals surface area (Å²) in [6, 6.07) is 13.5. The number of nitrogens with zero attached hydrogens (tertiary/aromatic N) is 3. The van der Waals surface area contributed by atoms with E-state index in [0.717, 1.165) is 10.5 Å². The number of thioether (sulfide) groups is 1. The molecule has 1 aromatic carbocycles. The van der Waals surface area contributed by atoms with Crippen LogP contribution in [0.5, 0.6) is 0 Å². The number of methoxy groups -OCH3 is 1. The van der Waals surface area contributed by atoms with E-state index in [1.807, 2.05) is 49.4 Å². The molecule has 1 aliphatic heterocycles. The van der Waals surface area contributed by atoms with E-state index in [1.165, 1.54) is 27.9 Å². The fourth-order valence-corrected chi connectivity index (χ4v) is 5.48. The lowest BCUT2D eigenvalue weighted by molar-refractivity contribution is -0.122. The number of benzene rings is 1. The lowest BCUT2D eigenvalue weighted by Gasteiger charge is -2.13. The summed E-state index contributed by atoms with van der Waals surface area (Å²) in [5.41, 5.74) is 1.65. The van der Waals surface area contributed by atoms with Crippen LogP contribution in [0, 0.1) is 6.92 Å². The van der Waals surface area contributed by atoms with Gasteiger partial charge in [-0.2, -0.15) is 0 Å². The maximum atomic E-state index is 13.4. The molecule has 0 bridgehead atoms. The average molecular weight is 484 g/mol. The first kappa shape index (κ1) is 22.7. The summed E-state index contributed by atoms with van der Waals surface area (Å²) in [7, 11) is 1.62. The van der Waals surface area contributed by atoms with Gasteiger partial charge >= 0.3 is 0 Å². The molecule has 1 fully saturated rings. The van der Waals surface area contributed by atoms with Crippen molar-refractivity contribution in [2.45, 2.75) is 23.3 Å². The van der Waals surface area contributed by atoms with E-state index in [2.05, 4.69) is 0 Å². The molecule has 0 atom stereocenters. The Kier molecular flexibility index (Phi) is 7.10. The van der Waals surface area contributed by atoms with Gasteiger partial charge in [-0.3, -0.25) is 18.9 Å². The summed E-state index contributed by atoms with van der Waals surface area (Å²) >= 11 is 8.02. The zero-order chi connectivity index (χ0) is 22.7. The van der Waals surface area contributed by atoms with E-state index < -0.39 is 0 Å². The minimum Gasteiger partial charge on any atom is -0.385 e. The molecule has 3 heterocycles. The Labute approximate surface area is 199 Å². The summed E-state index contributed by atoms with van der Waals surface area (Å²) in [6.45, 7) is 2.95. The number of aromatic nitrogens is 2. The van der Waals surface area contributed by atoms with Crippen LogP contribution in [0.1, 0.15) is 17.5 Å². The lowest BCUT2D eigenvalue weighted by Crippen LogP contribution is -2.29. The van der Waals surface area contributed by atoms with Crippen LogP contribution in [0.4, 0.5) is 0 Å². The molecule has 9 heteroatoms. The van der Waals surface area contributed by atoms with Crippen LogP contribution >= 0.6 is 35.7 Å². The molecular formula is C23H21N3O3S3. The highest BCUT2D eigenvalue weighted by Crippen LogP contribution is 2.35. The Hall–Kier alpha value is -2.46. The second-order valence-electron chi connectivity index (χ2n) is 7.12. The standard InChI is InChI=1S/C23H21N3O3S3/c1-15-8-6-11-25-19(15)24-20(31-16-9-4-3-5-10-16)17(21(25)27)14-18-22(28)26(23(30)32-18)12-7-13-29-2/h3-6,8-11,14H,7,12-13H2,1-2H3. The van der Waals surface area contributed by atoms with Crippen molar-refractivity contribution in [3.8, 4) is 0 Å². The molecule has 0 N–H and O–H groups in total. The van der Waals surface area contributed by atoms with Crippen molar-refractivity contribution in [1.82, 2.24) is 14.3 Å². The van der Waals surface area contributed by atoms with Crippen molar-refractivity contribution in [2.24, 2.45) is 0 Å². The highest BCUT2D eigenvalue weighted by molar-refractivity contribution is 8.26. The summed E-state index contributed by atoms with van der Waals surface area (Å²) < 4.78 is 7.08. The predicted octanol–water partition coefficient (Wildman–Crippen LogP) is 4.39. The van der Waals surface area contributed by atoms with Crippen LogP contribution in [-0.2, 0) is 9.53 Å². The molecule has 6 nitrogen and oxygen atoms in total. The average Bonchev–Trinajstić information content (AvgIpc) is 3.05. The van der Waals surface area contributed by atoms with E-state index >= 15 is 0 Å². The maximum absolute atomic E-state index is 13.4. The number of carbonyl (C=O) groups is 1. The van der Waals surface area contributed by atoms with E-state index in [1.54, 1.807) is 24.3 Å². The first-order chi connectivity index (χ1) is 15.5. The molecule has 0 unspecified atom stereocenters. The lowest BCUT2D eigenvalue weighted by atomic mass is 10.2. The summed E-state index contributed by atoms with van der Waals surface area (Å²) in [5, 5.41) is 0.556. The Morgan fingerprint density at radius 3 is 2.72 bits per heavy atom. The topological polar surface area (TPSA) is 63.9 Å². The Morgan fingerprint density at radius 1 is 1.19 bits per heavy atom.